The van der Waals surface area contributed by atoms with Gasteiger partial charge in [0.15, 0.2) is 0 Å². The Hall–Kier alpha value is -1.14. The molecule has 0 aromatic heterocycles. The van der Waals surface area contributed by atoms with Crippen molar-refractivity contribution in [2.45, 2.75) is 52.0 Å². The third-order valence-corrected chi connectivity index (χ3v) is 3.45. The molecule has 0 saturated heterocycles. The Balaban J connectivity index is 4.32. The number of aliphatic hydroxyl groups excluding tert-OH is 1. The molecule has 0 aliphatic heterocycles. The van der Waals surface area contributed by atoms with Crippen molar-refractivity contribution in [2.24, 2.45) is 0 Å². The molecule has 2 N–H and O–H groups in total. The van der Waals surface area contributed by atoms with Crippen molar-refractivity contribution in [1.29, 1.82) is 0 Å². The average Bonchev–Trinajstić information content (AvgIpc) is 2.50. The van der Waals surface area contributed by atoms with E-state index in [9.17, 15) is 9.59 Å². The SMILES string of the molecule is CCN(CC)C(=O)C(CC(=O)OC)NCCCCCCO. The first-order valence-corrected chi connectivity index (χ1v) is 7.80. The van der Waals surface area contributed by atoms with E-state index in [0.29, 0.717) is 19.6 Å². The van der Waals surface area contributed by atoms with Crippen LogP contribution in [0.3, 0.4) is 0 Å². The summed E-state index contributed by atoms with van der Waals surface area (Å²) in [7, 11) is 1.33. The second kappa shape index (κ2) is 12.6. The molecule has 6 nitrogen and oxygen atoms in total. The maximum absolute atomic E-state index is 12.3. The highest BCUT2D eigenvalue weighted by atomic mass is 16.5. The molecule has 0 spiro atoms. The molecule has 0 aromatic carbocycles. The van der Waals surface area contributed by atoms with Gasteiger partial charge in [0, 0.05) is 19.7 Å². The summed E-state index contributed by atoms with van der Waals surface area (Å²) in [6.07, 6.45) is 3.76. The van der Waals surface area contributed by atoms with Gasteiger partial charge in [0.1, 0.15) is 0 Å². The minimum atomic E-state index is -0.518. The lowest BCUT2D eigenvalue weighted by Crippen LogP contribution is -2.47. The number of likely N-dealkylation sites (N-methyl/N-ethyl adjacent to an activating group) is 1. The molecule has 21 heavy (non-hydrogen) atoms. The first-order chi connectivity index (χ1) is 10.1. The van der Waals surface area contributed by atoms with E-state index in [0.717, 1.165) is 25.7 Å². The molecular weight excluding hydrogens is 272 g/mol. The van der Waals surface area contributed by atoms with Crippen molar-refractivity contribution >= 4 is 11.9 Å². The molecule has 0 saturated carbocycles. The highest BCUT2D eigenvalue weighted by molar-refractivity contribution is 5.86. The highest BCUT2D eigenvalue weighted by Crippen LogP contribution is 2.03. The standard InChI is InChI=1S/C15H30N2O4/c1-4-17(5-2)15(20)13(12-14(19)21-3)16-10-8-6-7-9-11-18/h13,16,18H,4-12H2,1-3H3. The molecule has 0 aromatic rings. The monoisotopic (exact) mass is 302 g/mol. The predicted molar refractivity (Wildman–Crippen MR) is 81.9 cm³/mol. The van der Waals surface area contributed by atoms with Crippen LogP contribution in [0, 0.1) is 0 Å². The van der Waals surface area contributed by atoms with Crippen molar-refractivity contribution < 1.29 is 19.4 Å². The Bertz CT molecular complexity index is 293. The number of amides is 1. The lowest BCUT2D eigenvalue weighted by atomic mass is 10.1. The normalized spacial score (nSPS) is 12.0. The van der Waals surface area contributed by atoms with E-state index in [1.807, 2.05) is 13.8 Å². The predicted octanol–water partition coefficient (Wildman–Crippen LogP) is 0.929. The number of hydrogen-bond acceptors (Lipinski definition) is 5. The van der Waals surface area contributed by atoms with Crippen molar-refractivity contribution in [1.82, 2.24) is 10.2 Å². The fourth-order valence-electron chi connectivity index (χ4n) is 2.12. The van der Waals surface area contributed by atoms with Crippen LogP contribution in [0.2, 0.25) is 0 Å². The zero-order valence-electron chi connectivity index (χ0n) is 13.6. The van der Waals surface area contributed by atoms with Crippen LogP contribution in [-0.2, 0) is 14.3 Å². The Labute approximate surface area is 127 Å². The zero-order chi connectivity index (χ0) is 16.1. The molecule has 0 rings (SSSR count). The lowest BCUT2D eigenvalue weighted by Gasteiger charge is -2.25. The summed E-state index contributed by atoms with van der Waals surface area (Å²) in [5.74, 6) is -0.436. The molecule has 0 heterocycles. The van der Waals surface area contributed by atoms with Crippen LogP contribution in [-0.4, -0.2) is 61.3 Å². The van der Waals surface area contributed by atoms with Gasteiger partial charge >= 0.3 is 5.97 Å². The molecule has 1 atom stereocenters. The Morgan fingerprint density at radius 2 is 1.76 bits per heavy atom. The number of unbranched alkanes of at least 4 members (excludes halogenated alkanes) is 3. The van der Waals surface area contributed by atoms with Crippen LogP contribution in [0.15, 0.2) is 0 Å². The molecule has 0 aliphatic rings. The van der Waals surface area contributed by atoms with Gasteiger partial charge in [0.05, 0.1) is 19.6 Å². The van der Waals surface area contributed by atoms with E-state index in [1.165, 1.54) is 7.11 Å². The molecule has 6 heteroatoms. The van der Waals surface area contributed by atoms with Crippen molar-refractivity contribution in [3.63, 3.8) is 0 Å². The molecular formula is C15H30N2O4. The molecule has 1 unspecified atom stereocenters. The number of carbonyl (C=O) groups is 2. The average molecular weight is 302 g/mol. The van der Waals surface area contributed by atoms with E-state index in [2.05, 4.69) is 10.1 Å². The fraction of sp³-hybridized carbons (Fsp3) is 0.867. The smallest absolute Gasteiger partial charge is 0.307 e. The van der Waals surface area contributed by atoms with Gasteiger partial charge < -0.3 is 20.1 Å². The van der Waals surface area contributed by atoms with Gasteiger partial charge in [-0.15, -0.1) is 0 Å². The summed E-state index contributed by atoms with van der Waals surface area (Å²) in [5.41, 5.74) is 0. The van der Waals surface area contributed by atoms with Gasteiger partial charge in [-0.3, -0.25) is 9.59 Å². The van der Waals surface area contributed by atoms with E-state index in [4.69, 9.17) is 5.11 Å². The Morgan fingerprint density at radius 3 is 2.29 bits per heavy atom. The molecule has 124 valence electrons. The van der Waals surface area contributed by atoms with Crippen LogP contribution in [0.5, 0.6) is 0 Å². The van der Waals surface area contributed by atoms with Gasteiger partial charge in [-0.25, -0.2) is 0 Å². The molecule has 1 amide bonds. The third kappa shape index (κ3) is 8.67. The number of methoxy groups -OCH3 is 1. The molecule has 0 radical (unpaired) electrons. The van der Waals surface area contributed by atoms with Crippen LogP contribution < -0.4 is 5.32 Å². The largest absolute Gasteiger partial charge is 0.469 e. The zero-order valence-corrected chi connectivity index (χ0v) is 13.6. The molecule has 0 bridgehead atoms. The van der Waals surface area contributed by atoms with Gasteiger partial charge in [0.25, 0.3) is 0 Å². The number of nitrogens with zero attached hydrogens (tertiary/aromatic N) is 1. The summed E-state index contributed by atoms with van der Waals surface area (Å²) in [6.45, 7) is 6.01. The first kappa shape index (κ1) is 19.9. The van der Waals surface area contributed by atoms with E-state index < -0.39 is 6.04 Å². The summed E-state index contributed by atoms with van der Waals surface area (Å²) in [5, 5.41) is 11.9. The first-order valence-electron chi connectivity index (χ1n) is 7.80. The number of nitrogens with one attached hydrogen (secondary N) is 1. The summed E-state index contributed by atoms with van der Waals surface area (Å²) in [6, 6.07) is -0.518. The number of esters is 1. The Kier molecular flexibility index (Phi) is 11.9. The summed E-state index contributed by atoms with van der Waals surface area (Å²) < 4.78 is 4.66. The van der Waals surface area contributed by atoms with Crippen molar-refractivity contribution in [2.75, 3.05) is 33.4 Å². The number of aliphatic hydroxyl groups is 1. The second-order valence-electron chi connectivity index (χ2n) is 4.94. The summed E-state index contributed by atoms with van der Waals surface area (Å²) >= 11 is 0. The van der Waals surface area contributed by atoms with Gasteiger partial charge in [0.2, 0.25) is 5.91 Å². The maximum atomic E-state index is 12.3. The Morgan fingerprint density at radius 1 is 1.14 bits per heavy atom. The van der Waals surface area contributed by atoms with Gasteiger partial charge in [-0.2, -0.15) is 0 Å². The summed E-state index contributed by atoms with van der Waals surface area (Å²) in [4.78, 5) is 25.5. The minimum Gasteiger partial charge on any atom is -0.469 e. The number of ether oxygens (including phenoxy) is 1. The highest BCUT2D eigenvalue weighted by Gasteiger charge is 2.25. The van der Waals surface area contributed by atoms with Crippen LogP contribution >= 0.6 is 0 Å². The lowest BCUT2D eigenvalue weighted by molar-refractivity contribution is -0.145. The molecule has 0 fully saturated rings. The third-order valence-electron chi connectivity index (χ3n) is 3.45. The van der Waals surface area contributed by atoms with Crippen LogP contribution in [0.25, 0.3) is 0 Å². The quantitative estimate of drug-likeness (QED) is 0.414. The van der Waals surface area contributed by atoms with E-state index in [-0.39, 0.29) is 24.9 Å². The van der Waals surface area contributed by atoms with E-state index in [1.54, 1.807) is 4.90 Å². The molecule has 0 aliphatic carbocycles. The van der Waals surface area contributed by atoms with Crippen molar-refractivity contribution in [3.8, 4) is 0 Å². The van der Waals surface area contributed by atoms with Gasteiger partial charge in [-0.1, -0.05) is 12.8 Å². The second-order valence-corrected chi connectivity index (χ2v) is 4.94. The van der Waals surface area contributed by atoms with Crippen LogP contribution in [0.1, 0.15) is 46.0 Å². The number of hydrogen-bond donors (Lipinski definition) is 2. The van der Waals surface area contributed by atoms with Crippen molar-refractivity contribution in [3.05, 3.63) is 0 Å². The topological polar surface area (TPSA) is 78.9 Å². The van der Waals surface area contributed by atoms with Crippen LogP contribution in [0.4, 0.5) is 0 Å². The minimum absolute atomic E-state index is 0.0549. The van der Waals surface area contributed by atoms with Gasteiger partial charge in [-0.05, 0) is 33.2 Å². The fourth-order valence-corrected chi connectivity index (χ4v) is 2.12. The number of carbonyl (C=O) groups excluding carboxylic acids is 2. The maximum Gasteiger partial charge on any atom is 0.307 e. The van der Waals surface area contributed by atoms with E-state index >= 15 is 0 Å². The number of rotatable bonds is 12.